The minimum atomic E-state index is -0.898. The summed E-state index contributed by atoms with van der Waals surface area (Å²) in [6.07, 6.45) is 4.90. The van der Waals surface area contributed by atoms with Crippen LogP contribution < -0.4 is 0 Å². The van der Waals surface area contributed by atoms with Crippen LogP contribution in [0, 0.1) is 0 Å². The molecule has 0 aliphatic heterocycles. The van der Waals surface area contributed by atoms with Gasteiger partial charge in [0.15, 0.2) is 0 Å². The summed E-state index contributed by atoms with van der Waals surface area (Å²) >= 11 is 0. The third-order valence-electron chi connectivity index (χ3n) is 1.04. The first kappa shape index (κ1) is 21.7. The molecule has 0 aliphatic carbocycles. The highest BCUT2D eigenvalue weighted by Gasteiger charge is 2.15. The van der Waals surface area contributed by atoms with Crippen LogP contribution in [0.15, 0.2) is 25.3 Å². The Balaban J connectivity index is -0.000000315. The van der Waals surface area contributed by atoms with Gasteiger partial charge in [-0.25, -0.2) is 9.59 Å². The third-order valence-corrected chi connectivity index (χ3v) is 1.04. The Hall–Kier alpha value is -1.58. The average Bonchev–Trinajstić information content (AvgIpc) is 2.34. The lowest BCUT2D eigenvalue weighted by atomic mass is 10.5. The molecule has 4 nitrogen and oxygen atoms in total. The van der Waals surface area contributed by atoms with Crippen LogP contribution in [0.5, 0.6) is 0 Å². The summed E-state index contributed by atoms with van der Waals surface area (Å²) in [6.45, 7) is 14.7. The van der Waals surface area contributed by atoms with Crippen LogP contribution in [0.3, 0.4) is 0 Å². The lowest BCUT2D eigenvalue weighted by Crippen LogP contribution is -2.20. The predicted octanol–water partition coefficient (Wildman–Crippen LogP) is 3.28. The third kappa shape index (κ3) is 23.9. The van der Waals surface area contributed by atoms with E-state index in [2.05, 4.69) is 22.6 Å². The Kier molecular flexibility index (Phi) is 25.0. The zero-order valence-electron chi connectivity index (χ0n) is 12.0. The second-order valence-corrected chi connectivity index (χ2v) is 3.09. The SMILES string of the molecule is C=CC.C=CC.CCCOC(=O)C(=O)OCCC. The first-order valence-corrected chi connectivity index (χ1v) is 6.03. The molecule has 0 N–H and O–H groups in total. The molecule has 0 atom stereocenters. The summed E-state index contributed by atoms with van der Waals surface area (Å²) in [6, 6.07) is 0. The maximum atomic E-state index is 10.7. The maximum absolute atomic E-state index is 10.7. The molecule has 0 aromatic carbocycles. The van der Waals surface area contributed by atoms with Crippen LogP contribution >= 0.6 is 0 Å². The van der Waals surface area contributed by atoms with E-state index in [0.717, 1.165) is 0 Å². The van der Waals surface area contributed by atoms with Gasteiger partial charge in [-0.2, -0.15) is 0 Å². The van der Waals surface area contributed by atoms with Gasteiger partial charge >= 0.3 is 11.9 Å². The Morgan fingerprint density at radius 3 is 1.28 bits per heavy atom. The first-order chi connectivity index (χ1) is 8.55. The van der Waals surface area contributed by atoms with E-state index in [1.165, 1.54) is 0 Å². The van der Waals surface area contributed by atoms with E-state index >= 15 is 0 Å². The molecule has 0 fully saturated rings. The van der Waals surface area contributed by atoms with E-state index in [9.17, 15) is 9.59 Å². The molecule has 0 aliphatic rings. The number of ether oxygens (including phenoxy) is 2. The molecule has 18 heavy (non-hydrogen) atoms. The van der Waals surface area contributed by atoms with E-state index in [4.69, 9.17) is 0 Å². The standard InChI is InChI=1S/C8H14O4.2C3H6/c1-3-5-11-7(9)8(10)12-6-4-2;2*1-3-2/h3-6H2,1-2H3;2*3H,1H2,2H3. The molecule has 0 amide bonds. The van der Waals surface area contributed by atoms with Gasteiger partial charge in [-0.3, -0.25) is 0 Å². The molecular formula is C14H26O4. The van der Waals surface area contributed by atoms with Gasteiger partial charge in [0.2, 0.25) is 0 Å². The normalized spacial score (nSPS) is 7.56. The molecule has 0 unspecified atom stereocenters. The molecule has 0 spiro atoms. The Labute approximate surface area is 111 Å². The van der Waals surface area contributed by atoms with Crippen LogP contribution in [-0.4, -0.2) is 25.2 Å². The fourth-order valence-electron chi connectivity index (χ4n) is 0.507. The van der Waals surface area contributed by atoms with Crippen molar-refractivity contribution in [2.24, 2.45) is 0 Å². The van der Waals surface area contributed by atoms with Crippen LogP contribution in [0.2, 0.25) is 0 Å². The fraction of sp³-hybridized carbons (Fsp3) is 0.571. The predicted molar refractivity (Wildman–Crippen MR) is 74.2 cm³/mol. The highest BCUT2D eigenvalue weighted by atomic mass is 16.6. The monoisotopic (exact) mass is 258 g/mol. The summed E-state index contributed by atoms with van der Waals surface area (Å²) in [5.74, 6) is -1.80. The van der Waals surface area contributed by atoms with Gasteiger partial charge in [0.05, 0.1) is 13.2 Å². The molecule has 0 rings (SSSR count). The summed E-state index contributed by atoms with van der Waals surface area (Å²) in [7, 11) is 0. The fourth-order valence-corrected chi connectivity index (χ4v) is 0.507. The van der Waals surface area contributed by atoms with Gasteiger partial charge < -0.3 is 9.47 Å². The number of allylic oxidation sites excluding steroid dienone is 2. The lowest BCUT2D eigenvalue weighted by molar-refractivity contribution is -0.167. The first-order valence-electron chi connectivity index (χ1n) is 6.03. The van der Waals surface area contributed by atoms with Crippen molar-refractivity contribution in [2.75, 3.05) is 13.2 Å². The second-order valence-electron chi connectivity index (χ2n) is 3.09. The quantitative estimate of drug-likeness (QED) is 0.441. The number of rotatable bonds is 4. The molecule has 0 saturated carbocycles. The molecule has 106 valence electrons. The Morgan fingerprint density at radius 2 is 1.11 bits per heavy atom. The highest BCUT2D eigenvalue weighted by Crippen LogP contribution is 1.88. The van der Waals surface area contributed by atoms with Crippen molar-refractivity contribution in [3.63, 3.8) is 0 Å². The van der Waals surface area contributed by atoms with E-state index in [-0.39, 0.29) is 13.2 Å². The van der Waals surface area contributed by atoms with E-state index in [1.807, 2.05) is 27.7 Å². The lowest BCUT2D eigenvalue weighted by Gasteiger charge is -2.02. The van der Waals surface area contributed by atoms with Crippen molar-refractivity contribution in [3.05, 3.63) is 25.3 Å². The van der Waals surface area contributed by atoms with Crippen LogP contribution in [0.4, 0.5) is 0 Å². The van der Waals surface area contributed by atoms with Gasteiger partial charge in [-0.05, 0) is 26.7 Å². The van der Waals surface area contributed by atoms with Crippen molar-refractivity contribution >= 4 is 11.9 Å². The van der Waals surface area contributed by atoms with Gasteiger partial charge in [-0.1, -0.05) is 26.0 Å². The molecular weight excluding hydrogens is 232 g/mol. The zero-order chi connectivity index (χ0) is 14.8. The van der Waals surface area contributed by atoms with Crippen LogP contribution in [-0.2, 0) is 19.1 Å². The zero-order valence-corrected chi connectivity index (χ0v) is 12.0. The maximum Gasteiger partial charge on any atom is 0.417 e. The van der Waals surface area contributed by atoms with Gasteiger partial charge in [0.1, 0.15) is 0 Å². The Morgan fingerprint density at radius 1 is 0.889 bits per heavy atom. The highest BCUT2D eigenvalue weighted by molar-refractivity contribution is 6.29. The smallest absolute Gasteiger partial charge is 0.417 e. The van der Waals surface area contributed by atoms with E-state index < -0.39 is 11.9 Å². The summed E-state index contributed by atoms with van der Waals surface area (Å²) in [4.78, 5) is 21.4. The molecule has 0 saturated heterocycles. The van der Waals surface area contributed by atoms with E-state index in [1.54, 1.807) is 12.2 Å². The molecule has 0 bridgehead atoms. The van der Waals surface area contributed by atoms with Crippen molar-refractivity contribution in [1.82, 2.24) is 0 Å². The number of hydrogen-bond acceptors (Lipinski definition) is 4. The van der Waals surface area contributed by atoms with Crippen molar-refractivity contribution in [2.45, 2.75) is 40.5 Å². The second kappa shape index (κ2) is 20.8. The van der Waals surface area contributed by atoms with Crippen molar-refractivity contribution < 1.29 is 19.1 Å². The average molecular weight is 258 g/mol. The molecule has 0 aromatic heterocycles. The van der Waals surface area contributed by atoms with Crippen molar-refractivity contribution in [1.29, 1.82) is 0 Å². The summed E-state index contributed by atoms with van der Waals surface area (Å²) < 4.78 is 9.07. The molecule has 0 aromatic rings. The topological polar surface area (TPSA) is 52.6 Å². The minimum absolute atomic E-state index is 0.264. The summed E-state index contributed by atoms with van der Waals surface area (Å²) in [5, 5.41) is 0. The van der Waals surface area contributed by atoms with Gasteiger partial charge in [0, 0.05) is 0 Å². The van der Waals surface area contributed by atoms with Gasteiger partial charge in [-0.15, -0.1) is 13.2 Å². The summed E-state index contributed by atoms with van der Waals surface area (Å²) in [5.41, 5.74) is 0. The largest absolute Gasteiger partial charge is 0.457 e. The van der Waals surface area contributed by atoms with E-state index in [0.29, 0.717) is 12.8 Å². The number of esters is 2. The number of carbonyl (C=O) groups excluding carboxylic acids is 2. The minimum Gasteiger partial charge on any atom is -0.457 e. The number of hydrogen-bond donors (Lipinski definition) is 0. The molecule has 0 heterocycles. The molecule has 0 radical (unpaired) electrons. The Bertz CT molecular complexity index is 198. The van der Waals surface area contributed by atoms with Crippen molar-refractivity contribution in [3.8, 4) is 0 Å². The van der Waals surface area contributed by atoms with Gasteiger partial charge in [0.25, 0.3) is 0 Å². The van der Waals surface area contributed by atoms with Crippen LogP contribution in [0.1, 0.15) is 40.5 Å². The number of carbonyl (C=O) groups is 2. The van der Waals surface area contributed by atoms with Crippen LogP contribution in [0.25, 0.3) is 0 Å². The molecule has 4 heteroatoms.